The van der Waals surface area contributed by atoms with Crippen molar-refractivity contribution in [2.24, 2.45) is 7.05 Å². The molecule has 0 unspecified atom stereocenters. The highest BCUT2D eigenvalue weighted by molar-refractivity contribution is 5.84. The largest absolute Gasteiger partial charge is 0.390 e. The Hall–Kier alpha value is -2.51. The van der Waals surface area contributed by atoms with E-state index in [2.05, 4.69) is 10.2 Å². The molecule has 8 heteroatoms. The number of hydrogen-bond acceptors (Lipinski definition) is 5. The Morgan fingerprint density at radius 2 is 2.21 bits per heavy atom. The molecule has 0 aromatic carbocycles. The summed E-state index contributed by atoms with van der Waals surface area (Å²) in [5.41, 5.74) is 1.25. The summed E-state index contributed by atoms with van der Waals surface area (Å²) in [5.74, 6) is -0.264. The molecular formula is C11H13N5O3. The lowest BCUT2D eigenvalue weighted by molar-refractivity contribution is -0.389. The maximum absolute atomic E-state index is 11.1. The summed E-state index contributed by atoms with van der Waals surface area (Å²) < 4.78 is 3.00. The predicted octanol–water partition coefficient (Wildman–Crippen LogP) is 1.41. The first-order valence-corrected chi connectivity index (χ1v) is 5.78. The minimum absolute atomic E-state index is 0.264. The molecule has 100 valence electrons. The molecule has 19 heavy (non-hydrogen) atoms. The fraction of sp³-hybridized carbons (Fsp3) is 0.364. The lowest BCUT2D eigenvalue weighted by atomic mass is 10.2. The number of carbonyl (C=O) groups is 1. The Labute approximate surface area is 108 Å². The number of rotatable bonds is 5. The molecule has 0 atom stereocenters. The molecule has 2 aromatic rings. The highest BCUT2D eigenvalue weighted by Crippen LogP contribution is 2.24. The molecule has 0 bridgehead atoms. The second kappa shape index (κ2) is 5.01. The van der Waals surface area contributed by atoms with E-state index in [-0.39, 0.29) is 5.82 Å². The van der Waals surface area contributed by atoms with Crippen LogP contribution < -0.4 is 0 Å². The van der Waals surface area contributed by atoms with Gasteiger partial charge in [0.05, 0.1) is 23.8 Å². The molecule has 0 aliphatic carbocycles. The van der Waals surface area contributed by atoms with Crippen molar-refractivity contribution in [3.63, 3.8) is 0 Å². The van der Waals surface area contributed by atoms with Crippen molar-refractivity contribution in [2.75, 3.05) is 0 Å². The highest BCUT2D eigenvalue weighted by Gasteiger charge is 2.21. The van der Waals surface area contributed by atoms with Crippen molar-refractivity contribution < 1.29 is 9.72 Å². The molecule has 0 fully saturated rings. The molecule has 2 aromatic heterocycles. The van der Waals surface area contributed by atoms with Crippen LogP contribution in [0.1, 0.15) is 23.7 Å². The topological polar surface area (TPSA) is 95.9 Å². The third-order valence-electron chi connectivity index (χ3n) is 2.67. The molecule has 0 saturated heterocycles. The van der Waals surface area contributed by atoms with Gasteiger partial charge in [0.1, 0.15) is 11.4 Å². The van der Waals surface area contributed by atoms with Crippen molar-refractivity contribution >= 4 is 12.1 Å². The highest BCUT2D eigenvalue weighted by atomic mass is 16.6. The fourth-order valence-electron chi connectivity index (χ4n) is 1.83. The van der Waals surface area contributed by atoms with Gasteiger partial charge in [-0.05, 0) is 11.3 Å². The van der Waals surface area contributed by atoms with E-state index in [9.17, 15) is 14.9 Å². The minimum atomic E-state index is -0.576. The Kier molecular flexibility index (Phi) is 3.41. The van der Waals surface area contributed by atoms with E-state index in [1.165, 1.54) is 10.7 Å². The Bertz CT molecular complexity index is 628. The van der Waals surface area contributed by atoms with Crippen LogP contribution in [0.15, 0.2) is 12.3 Å². The molecule has 0 aliphatic rings. The summed E-state index contributed by atoms with van der Waals surface area (Å²) in [5, 5.41) is 18.7. The third kappa shape index (κ3) is 2.37. The molecule has 2 rings (SSSR count). The van der Waals surface area contributed by atoms with E-state index in [4.69, 9.17) is 0 Å². The molecule has 0 spiro atoms. The number of aryl methyl sites for hydroxylation is 2. The van der Waals surface area contributed by atoms with Crippen LogP contribution in [0.5, 0.6) is 0 Å². The number of nitro groups is 1. The average molecular weight is 263 g/mol. The fourth-order valence-corrected chi connectivity index (χ4v) is 1.83. The normalized spacial score (nSPS) is 10.6. The standard InChI is InChI=1S/C11H13N5O3/c1-3-4-15-6-8(7-17)11(13-15)9-5-10(16(18)19)12-14(9)2/h5-7H,3-4H2,1-2H3. The first-order valence-electron chi connectivity index (χ1n) is 5.78. The Morgan fingerprint density at radius 1 is 1.47 bits per heavy atom. The summed E-state index contributed by atoms with van der Waals surface area (Å²) in [7, 11) is 1.58. The number of aldehydes is 1. The second-order valence-corrected chi connectivity index (χ2v) is 4.08. The molecule has 0 radical (unpaired) electrons. The molecule has 0 N–H and O–H groups in total. The van der Waals surface area contributed by atoms with Gasteiger partial charge >= 0.3 is 5.82 Å². The maximum atomic E-state index is 11.1. The molecule has 8 nitrogen and oxygen atoms in total. The monoisotopic (exact) mass is 263 g/mol. The summed E-state index contributed by atoms with van der Waals surface area (Å²) in [4.78, 5) is 21.2. The van der Waals surface area contributed by atoms with Crippen LogP contribution in [0.25, 0.3) is 11.4 Å². The van der Waals surface area contributed by atoms with Crippen LogP contribution >= 0.6 is 0 Å². The van der Waals surface area contributed by atoms with Crippen molar-refractivity contribution in [2.45, 2.75) is 19.9 Å². The van der Waals surface area contributed by atoms with Gasteiger partial charge in [0.2, 0.25) is 0 Å². The van der Waals surface area contributed by atoms with Crippen molar-refractivity contribution in [3.8, 4) is 11.4 Å². The van der Waals surface area contributed by atoms with Crippen LogP contribution in [0.4, 0.5) is 5.82 Å². The van der Waals surface area contributed by atoms with Crippen LogP contribution in [0, 0.1) is 10.1 Å². The maximum Gasteiger partial charge on any atom is 0.390 e. The minimum Gasteiger partial charge on any atom is -0.358 e. The molecule has 2 heterocycles. The SMILES string of the molecule is CCCn1cc(C=O)c(-c2cc([N+](=O)[O-])nn2C)n1. The Morgan fingerprint density at radius 3 is 2.74 bits per heavy atom. The molecule has 0 amide bonds. The van der Waals surface area contributed by atoms with E-state index in [0.29, 0.717) is 29.8 Å². The predicted molar refractivity (Wildman–Crippen MR) is 66.8 cm³/mol. The summed E-state index contributed by atoms with van der Waals surface area (Å²) in [6, 6.07) is 1.31. The molecule has 0 saturated carbocycles. The summed E-state index contributed by atoms with van der Waals surface area (Å²) in [6.07, 6.45) is 3.20. The third-order valence-corrected chi connectivity index (χ3v) is 2.67. The van der Waals surface area contributed by atoms with Gasteiger partial charge in [-0.3, -0.25) is 9.48 Å². The van der Waals surface area contributed by atoms with Crippen LogP contribution in [0.3, 0.4) is 0 Å². The van der Waals surface area contributed by atoms with E-state index in [1.807, 2.05) is 6.92 Å². The van der Waals surface area contributed by atoms with E-state index < -0.39 is 4.92 Å². The van der Waals surface area contributed by atoms with E-state index in [0.717, 1.165) is 6.42 Å². The van der Waals surface area contributed by atoms with Crippen LogP contribution in [-0.4, -0.2) is 30.8 Å². The van der Waals surface area contributed by atoms with Gasteiger partial charge in [0, 0.05) is 12.7 Å². The molecule has 0 aliphatic heterocycles. The van der Waals surface area contributed by atoms with Crippen molar-refractivity contribution in [3.05, 3.63) is 27.9 Å². The van der Waals surface area contributed by atoms with Crippen molar-refractivity contribution in [1.29, 1.82) is 0 Å². The van der Waals surface area contributed by atoms with Crippen LogP contribution in [-0.2, 0) is 13.6 Å². The smallest absolute Gasteiger partial charge is 0.358 e. The first kappa shape index (κ1) is 12.9. The zero-order valence-electron chi connectivity index (χ0n) is 10.6. The van der Waals surface area contributed by atoms with Gasteiger partial charge in [-0.25, -0.2) is 0 Å². The summed E-state index contributed by atoms with van der Waals surface area (Å²) >= 11 is 0. The van der Waals surface area contributed by atoms with Gasteiger partial charge in [-0.15, -0.1) is 0 Å². The quantitative estimate of drug-likeness (QED) is 0.461. The van der Waals surface area contributed by atoms with Gasteiger partial charge < -0.3 is 10.1 Å². The lowest BCUT2D eigenvalue weighted by Gasteiger charge is -1.96. The zero-order chi connectivity index (χ0) is 14.0. The average Bonchev–Trinajstić information content (AvgIpc) is 2.93. The van der Waals surface area contributed by atoms with Gasteiger partial charge in [-0.1, -0.05) is 6.92 Å². The number of nitrogens with zero attached hydrogens (tertiary/aromatic N) is 5. The summed E-state index contributed by atoms with van der Waals surface area (Å²) in [6.45, 7) is 2.68. The van der Waals surface area contributed by atoms with Gasteiger partial charge in [0.15, 0.2) is 6.29 Å². The van der Waals surface area contributed by atoms with Crippen molar-refractivity contribution in [1.82, 2.24) is 19.6 Å². The van der Waals surface area contributed by atoms with Gasteiger partial charge in [-0.2, -0.15) is 9.78 Å². The number of carbonyl (C=O) groups excluding carboxylic acids is 1. The Balaban J connectivity index is 2.51. The van der Waals surface area contributed by atoms with E-state index >= 15 is 0 Å². The number of aromatic nitrogens is 4. The number of hydrogen-bond donors (Lipinski definition) is 0. The van der Waals surface area contributed by atoms with E-state index in [1.54, 1.807) is 17.9 Å². The second-order valence-electron chi connectivity index (χ2n) is 4.08. The first-order chi connectivity index (χ1) is 9.06. The molecular weight excluding hydrogens is 250 g/mol. The lowest BCUT2D eigenvalue weighted by Crippen LogP contribution is -1.99. The zero-order valence-corrected chi connectivity index (χ0v) is 10.6. The van der Waals surface area contributed by atoms with Gasteiger partial charge in [0.25, 0.3) is 0 Å². The van der Waals surface area contributed by atoms with Crippen LogP contribution in [0.2, 0.25) is 0 Å².